The first-order valence-electron chi connectivity index (χ1n) is 9.39. The first kappa shape index (κ1) is 21.3. The Kier molecular flexibility index (Phi) is 6.07. The number of aryl methyl sites for hydroxylation is 1. The maximum Gasteiger partial charge on any atom is 0.239 e. The molecule has 0 unspecified atom stereocenters. The molecule has 0 aliphatic heterocycles. The second kappa shape index (κ2) is 8.54. The summed E-state index contributed by atoms with van der Waals surface area (Å²) in [6, 6.07) is 5.92. The molecule has 0 radical (unpaired) electrons. The molecule has 2 aromatic carbocycles. The number of benzene rings is 2. The average molecular weight is 416 g/mol. The van der Waals surface area contributed by atoms with E-state index in [0.717, 1.165) is 0 Å². The zero-order valence-electron chi connectivity index (χ0n) is 16.9. The van der Waals surface area contributed by atoms with Gasteiger partial charge in [0.05, 0.1) is 14.2 Å². The van der Waals surface area contributed by atoms with Crippen molar-refractivity contribution in [2.45, 2.75) is 19.8 Å². The molecule has 4 N–H and O–H groups in total. The van der Waals surface area contributed by atoms with Crippen molar-refractivity contribution in [3.63, 3.8) is 0 Å². The van der Waals surface area contributed by atoms with E-state index in [0.29, 0.717) is 24.0 Å². The largest absolute Gasteiger partial charge is 0.508 e. The standard InChI is InChI=1S/C22H24O8/c1-11(10-23)4-5-12-8-13(6-7-14(12)24)20-22(29-3)19(27)17-16(30-20)9-15(25)21(28-2)18(17)26/h6-9,11,23-26H,4-5,10H2,1-3H3/t11-/m0/s1. The third kappa shape index (κ3) is 3.73. The number of hydrogen-bond acceptors (Lipinski definition) is 8. The van der Waals surface area contributed by atoms with E-state index in [1.807, 2.05) is 6.92 Å². The van der Waals surface area contributed by atoms with E-state index in [1.54, 1.807) is 12.1 Å². The van der Waals surface area contributed by atoms with Crippen molar-refractivity contribution < 1.29 is 34.3 Å². The van der Waals surface area contributed by atoms with Crippen LogP contribution in [0, 0.1) is 5.92 Å². The molecule has 1 aromatic heterocycles. The molecule has 0 saturated carbocycles. The Hall–Kier alpha value is -3.39. The van der Waals surface area contributed by atoms with Crippen LogP contribution in [-0.2, 0) is 6.42 Å². The number of aromatic hydroxyl groups is 3. The fraction of sp³-hybridized carbons (Fsp3) is 0.318. The Labute approximate surface area is 172 Å². The molecule has 0 bridgehead atoms. The number of rotatable bonds is 7. The average Bonchev–Trinajstić information content (AvgIpc) is 2.72. The molecule has 0 aliphatic rings. The monoisotopic (exact) mass is 416 g/mol. The van der Waals surface area contributed by atoms with Gasteiger partial charge in [-0.1, -0.05) is 6.92 Å². The molecule has 1 heterocycles. The van der Waals surface area contributed by atoms with Crippen molar-refractivity contribution in [2.24, 2.45) is 5.92 Å². The van der Waals surface area contributed by atoms with Crippen LogP contribution < -0.4 is 14.9 Å². The second-order valence-electron chi connectivity index (χ2n) is 7.11. The van der Waals surface area contributed by atoms with Crippen LogP contribution in [0.1, 0.15) is 18.9 Å². The first-order chi connectivity index (χ1) is 14.3. The molecule has 8 heteroatoms. The summed E-state index contributed by atoms with van der Waals surface area (Å²) in [5.41, 5.74) is 0.423. The zero-order chi connectivity index (χ0) is 22.0. The number of hydrogen-bond donors (Lipinski definition) is 4. The summed E-state index contributed by atoms with van der Waals surface area (Å²) in [4.78, 5) is 13.0. The van der Waals surface area contributed by atoms with Crippen LogP contribution in [0.15, 0.2) is 33.5 Å². The molecule has 160 valence electrons. The Bertz CT molecular complexity index is 1130. The number of phenols is 3. The minimum atomic E-state index is -0.631. The number of ether oxygens (including phenoxy) is 2. The summed E-state index contributed by atoms with van der Waals surface area (Å²) in [6.45, 7) is 1.95. The molecule has 0 aliphatic carbocycles. The Morgan fingerprint density at radius 2 is 1.73 bits per heavy atom. The normalized spacial score (nSPS) is 12.1. The lowest BCUT2D eigenvalue weighted by Gasteiger charge is -2.14. The quantitative estimate of drug-likeness (QED) is 0.462. The van der Waals surface area contributed by atoms with Crippen molar-refractivity contribution >= 4 is 11.0 Å². The SMILES string of the molecule is COc1c(O)cc2oc(-c3ccc(O)c(CC[C@H](C)CO)c3)c(OC)c(=O)c2c1O. The van der Waals surface area contributed by atoms with Crippen LogP contribution in [0.2, 0.25) is 0 Å². The predicted octanol–water partition coefficient (Wildman–Crippen LogP) is 3.16. The van der Waals surface area contributed by atoms with Gasteiger partial charge in [0.15, 0.2) is 17.3 Å². The first-order valence-corrected chi connectivity index (χ1v) is 9.39. The van der Waals surface area contributed by atoms with E-state index in [4.69, 9.17) is 13.9 Å². The Morgan fingerprint density at radius 1 is 1.03 bits per heavy atom. The summed E-state index contributed by atoms with van der Waals surface area (Å²) in [7, 11) is 2.56. The Morgan fingerprint density at radius 3 is 2.37 bits per heavy atom. The maximum absolute atomic E-state index is 13.0. The van der Waals surface area contributed by atoms with E-state index in [2.05, 4.69) is 0 Å². The minimum absolute atomic E-state index is 0.0459. The van der Waals surface area contributed by atoms with E-state index < -0.39 is 11.2 Å². The lowest BCUT2D eigenvalue weighted by atomic mass is 9.98. The molecule has 3 aromatic rings. The van der Waals surface area contributed by atoms with E-state index in [-0.39, 0.29) is 52.3 Å². The third-order valence-electron chi connectivity index (χ3n) is 5.02. The number of methoxy groups -OCH3 is 2. The highest BCUT2D eigenvalue weighted by atomic mass is 16.5. The van der Waals surface area contributed by atoms with Gasteiger partial charge in [0.2, 0.25) is 16.9 Å². The van der Waals surface area contributed by atoms with Crippen molar-refractivity contribution in [1.29, 1.82) is 0 Å². The zero-order valence-corrected chi connectivity index (χ0v) is 16.9. The van der Waals surface area contributed by atoms with Crippen LogP contribution in [-0.4, -0.2) is 41.3 Å². The molecule has 0 amide bonds. The summed E-state index contributed by atoms with van der Waals surface area (Å²) < 4.78 is 16.0. The smallest absolute Gasteiger partial charge is 0.239 e. The van der Waals surface area contributed by atoms with E-state index in [9.17, 15) is 25.2 Å². The Balaban J connectivity index is 2.20. The maximum atomic E-state index is 13.0. The molecule has 0 saturated heterocycles. The number of aliphatic hydroxyl groups excluding tert-OH is 1. The van der Waals surface area contributed by atoms with Crippen LogP contribution >= 0.6 is 0 Å². The predicted molar refractivity (Wildman–Crippen MR) is 111 cm³/mol. The summed E-state index contributed by atoms with van der Waals surface area (Å²) in [6.07, 6.45) is 1.17. The van der Waals surface area contributed by atoms with Gasteiger partial charge < -0.3 is 34.3 Å². The highest BCUT2D eigenvalue weighted by Gasteiger charge is 2.24. The van der Waals surface area contributed by atoms with Gasteiger partial charge in [-0.25, -0.2) is 0 Å². The molecule has 0 spiro atoms. The number of phenolic OH excluding ortho intramolecular Hbond substituents is 3. The topological polar surface area (TPSA) is 130 Å². The van der Waals surface area contributed by atoms with Crippen LogP contribution in [0.4, 0.5) is 0 Å². The van der Waals surface area contributed by atoms with Gasteiger partial charge >= 0.3 is 0 Å². The van der Waals surface area contributed by atoms with Crippen molar-refractivity contribution in [3.05, 3.63) is 40.1 Å². The van der Waals surface area contributed by atoms with Gasteiger partial charge in [0.1, 0.15) is 16.7 Å². The number of aliphatic hydroxyl groups is 1. The van der Waals surface area contributed by atoms with Gasteiger partial charge in [0, 0.05) is 18.2 Å². The van der Waals surface area contributed by atoms with Crippen molar-refractivity contribution in [1.82, 2.24) is 0 Å². The molecular formula is C22H24O8. The molecule has 0 fully saturated rings. The molecule has 8 nitrogen and oxygen atoms in total. The van der Waals surface area contributed by atoms with Gasteiger partial charge in [0.25, 0.3) is 0 Å². The van der Waals surface area contributed by atoms with Gasteiger partial charge in [-0.05, 0) is 42.5 Å². The van der Waals surface area contributed by atoms with E-state index in [1.165, 1.54) is 26.4 Å². The lowest BCUT2D eigenvalue weighted by molar-refractivity contribution is 0.230. The van der Waals surface area contributed by atoms with Gasteiger partial charge in [-0.15, -0.1) is 0 Å². The highest BCUT2D eigenvalue weighted by molar-refractivity contribution is 5.91. The lowest BCUT2D eigenvalue weighted by Crippen LogP contribution is -2.08. The third-order valence-corrected chi connectivity index (χ3v) is 5.02. The summed E-state index contributed by atoms with van der Waals surface area (Å²) in [5, 5.41) is 39.6. The molecular weight excluding hydrogens is 392 g/mol. The highest BCUT2D eigenvalue weighted by Crippen LogP contribution is 2.43. The number of fused-ring (bicyclic) bond motifs is 1. The van der Waals surface area contributed by atoms with Crippen LogP contribution in [0.5, 0.6) is 28.7 Å². The van der Waals surface area contributed by atoms with Gasteiger partial charge in [-0.3, -0.25) is 4.79 Å². The molecule has 1 atom stereocenters. The molecule has 30 heavy (non-hydrogen) atoms. The van der Waals surface area contributed by atoms with Gasteiger partial charge in [-0.2, -0.15) is 0 Å². The second-order valence-corrected chi connectivity index (χ2v) is 7.11. The fourth-order valence-corrected chi connectivity index (χ4v) is 3.28. The summed E-state index contributed by atoms with van der Waals surface area (Å²) in [5.74, 6) is -1.05. The molecule has 3 rings (SSSR count). The van der Waals surface area contributed by atoms with Crippen LogP contribution in [0.3, 0.4) is 0 Å². The van der Waals surface area contributed by atoms with Crippen molar-refractivity contribution in [2.75, 3.05) is 20.8 Å². The van der Waals surface area contributed by atoms with Crippen molar-refractivity contribution in [3.8, 4) is 40.1 Å². The fourth-order valence-electron chi connectivity index (χ4n) is 3.28. The van der Waals surface area contributed by atoms with Crippen LogP contribution in [0.25, 0.3) is 22.3 Å². The minimum Gasteiger partial charge on any atom is -0.508 e. The van der Waals surface area contributed by atoms with E-state index >= 15 is 0 Å². The summed E-state index contributed by atoms with van der Waals surface area (Å²) >= 11 is 0.